The van der Waals surface area contributed by atoms with Crippen LogP contribution in [0.25, 0.3) is 21.8 Å². The molecule has 0 aliphatic heterocycles. The number of hydrogen-bond donors (Lipinski definition) is 2. The van der Waals surface area contributed by atoms with Gasteiger partial charge in [-0.3, -0.25) is 14.6 Å². The Morgan fingerprint density at radius 1 is 0.706 bits per heavy atom. The minimum atomic E-state index is -0.444. The van der Waals surface area contributed by atoms with E-state index in [-0.39, 0.29) is 11.4 Å². The van der Waals surface area contributed by atoms with Crippen LogP contribution in [0.4, 0.5) is 11.4 Å². The predicted octanol–water partition coefficient (Wildman–Crippen LogP) is 2.94. The van der Waals surface area contributed by atoms with Gasteiger partial charge in [0.15, 0.2) is 12.4 Å². The first-order chi connectivity index (χ1) is 16.5. The van der Waals surface area contributed by atoms with Gasteiger partial charge in [0.2, 0.25) is 11.0 Å². The topological polar surface area (TPSA) is 91.7 Å². The Kier molecular flexibility index (Phi) is 5.39. The lowest BCUT2D eigenvalue weighted by Gasteiger charge is -2.08. The third-order valence-electron chi connectivity index (χ3n) is 5.60. The first-order valence-corrected chi connectivity index (χ1v) is 10.7. The van der Waals surface area contributed by atoms with E-state index >= 15 is 0 Å². The Morgan fingerprint density at radius 3 is 1.65 bits per heavy atom. The molecule has 2 N–H and O–H groups in total. The van der Waals surface area contributed by atoms with Crippen LogP contribution in [0.3, 0.4) is 0 Å². The Labute approximate surface area is 195 Å². The van der Waals surface area contributed by atoms with Crippen LogP contribution in [-0.4, -0.2) is 21.8 Å². The molecule has 5 aromatic rings. The van der Waals surface area contributed by atoms with Crippen LogP contribution in [0.2, 0.25) is 0 Å². The Balaban J connectivity index is 1.33. The summed E-state index contributed by atoms with van der Waals surface area (Å²) in [6.07, 6.45) is 6.60. The first kappa shape index (κ1) is 21.1. The van der Waals surface area contributed by atoms with E-state index in [9.17, 15) is 9.59 Å². The summed E-state index contributed by atoms with van der Waals surface area (Å²) in [5, 5.41) is 7.64. The van der Waals surface area contributed by atoms with Crippen LogP contribution in [0.15, 0.2) is 85.5 Å². The fourth-order valence-corrected chi connectivity index (χ4v) is 3.86. The lowest BCUT2D eigenvalue weighted by Crippen LogP contribution is -2.27. The van der Waals surface area contributed by atoms with Crippen molar-refractivity contribution in [2.24, 2.45) is 14.1 Å². The summed E-state index contributed by atoms with van der Waals surface area (Å²) in [5.41, 5.74) is 3.45. The number of anilines is 2. The normalized spacial score (nSPS) is 10.9. The van der Waals surface area contributed by atoms with Crippen molar-refractivity contribution in [1.29, 1.82) is 0 Å². The van der Waals surface area contributed by atoms with Gasteiger partial charge in [0.05, 0.1) is 12.4 Å². The van der Waals surface area contributed by atoms with Gasteiger partial charge in [-0.2, -0.15) is 0 Å². The number of hydrogen-bond acceptors (Lipinski definition) is 4. The van der Waals surface area contributed by atoms with Gasteiger partial charge in [0.1, 0.15) is 25.5 Å². The van der Waals surface area contributed by atoms with Gasteiger partial charge in [-0.05, 0) is 36.4 Å². The third kappa shape index (κ3) is 4.16. The fourth-order valence-electron chi connectivity index (χ4n) is 3.86. The number of nitrogens with zero attached hydrogens (tertiary/aromatic N) is 4. The number of carbonyl (C=O) groups is 2. The molecule has 0 spiro atoms. The number of carbonyl (C=O) groups excluding carboxylic acids is 2. The summed E-state index contributed by atoms with van der Waals surface area (Å²) in [6.45, 7) is 0. The molecule has 3 heterocycles. The van der Waals surface area contributed by atoms with Crippen molar-refractivity contribution >= 4 is 45.0 Å². The highest BCUT2D eigenvalue weighted by Crippen LogP contribution is 2.18. The summed E-state index contributed by atoms with van der Waals surface area (Å²) in [6, 6.07) is 19.1. The van der Waals surface area contributed by atoms with Crippen LogP contribution >= 0.6 is 0 Å². The Morgan fingerprint density at radius 2 is 1.18 bits per heavy atom. The maximum absolute atomic E-state index is 12.8. The summed E-state index contributed by atoms with van der Waals surface area (Å²) in [4.78, 5) is 33.8. The highest BCUT2D eigenvalue weighted by molar-refractivity contribution is 6.06. The molecule has 8 nitrogen and oxygen atoms in total. The molecule has 0 saturated heterocycles. The van der Waals surface area contributed by atoms with Crippen LogP contribution in [-0.2, 0) is 14.1 Å². The zero-order chi connectivity index (χ0) is 23.7. The smallest absolute Gasteiger partial charge is 0.275 e. The van der Waals surface area contributed by atoms with Gasteiger partial charge in [0.25, 0.3) is 11.8 Å². The summed E-state index contributed by atoms with van der Waals surface area (Å²) < 4.78 is 4.01. The van der Waals surface area contributed by atoms with Gasteiger partial charge in [-0.15, -0.1) is 0 Å². The van der Waals surface area contributed by atoms with E-state index in [1.807, 2.05) is 96.3 Å². The minimum Gasteiger partial charge on any atom is -0.321 e. The van der Waals surface area contributed by atoms with Crippen LogP contribution in [0.1, 0.15) is 21.0 Å². The van der Waals surface area contributed by atoms with E-state index in [2.05, 4.69) is 20.6 Å². The maximum Gasteiger partial charge on any atom is 0.275 e. The van der Waals surface area contributed by atoms with E-state index in [0.29, 0.717) is 11.4 Å². The van der Waals surface area contributed by atoms with Gasteiger partial charge < -0.3 is 10.6 Å². The molecule has 2 aromatic carbocycles. The number of amides is 2. The molecule has 0 unspecified atom stereocenters. The molecule has 0 atom stereocenters. The number of pyridine rings is 2. The van der Waals surface area contributed by atoms with E-state index in [4.69, 9.17) is 0 Å². The van der Waals surface area contributed by atoms with E-state index in [0.717, 1.165) is 21.8 Å². The van der Waals surface area contributed by atoms with Crippen molar-refractivity contribution in [1.82, 2.24) is 9.97 Å². The second kappa shape index (κ2) is 8.67. The zero-order valence-electron chi connectivity index (χ0n) is 18.7. The van der Waals surface area contributed by atoms with Crippen molar-refractivity contribution in [3.63, 3.8) is 0 Å². The molecule has 0 bridgehead atoms. The zero-order valence-corrected chi connectivity index (χ0v) is 18.7. The van der Waals surface area contributed by atoms with Crippen LogP contribution in [0, 0.1) is 0 Å². The number of benzene rings is 2. The average molecular weight is 451 g/mol. The highest BCUT2D eigenvalue weighted by Gasteiger charge is 2.15. The number of rotatable bonds is 4. The highest BCUT2D eigenvalue weighted by atomic mass is 16.2. The predicted molar refractivity (Wildman–Crippen MR) is 128 cm³/mol. The Bertz CT molecular complexity index is 1470. The summed E-state index contributed by atoms with van der Waals surface area (Å²) in [5.74, 6) is -0.889. The third-order valence-corrected chi connectivity index (χ3v) is 5.60. The molecule has 3 aromatic heterocycles. The van der Waals surface area contributed by atoms with Gasteiger partial charge >= 0.3 is 0 Å². The molecule has 2 amide bonds. The lowest BCUT2D eigenvalue weighted by atomic mass is 10.2. The van der Waals surface area contributed by atoms with Gasteiger partial charge in [-0.1, -0.05) is 0 Å². The largest absolute Gasteiger partial charge is 0.321 e. The SMILES string of the molecule is C[n+]1cccc2cc(NC(=O)c3cncc(C(=O)Nc4ccc5c(ccc[n+]5C)c4)n3)ccc21. The monoisotopic (exact) mass is 450 g/mol. The molecule has 0 fully saturated rings. The van der Waals surface area contributed by atoms with E-state index in [1.165, 1.54) is 12.4 Å². The minimum absolute atomic E-state index is 0.0527. The Hall–Kier alpha value is -4.72. The number of nitrogens with one attached hydrogen (secondary N) is 2. The standard InChI is InChI=1S/C26H20N6O2/c1-31-11-3-5-17-13-19(7-9-23(17)31)28-25(33)21-15-27-16-22(30-21)26(34)29-20-8-10-24-18(14-20)6-4-12-32(24)2/h3-16H,1-2H3/p+2. The molecule has 0 radical (unpaired) electrons. The second-order valence-corrected chi connectivity index (χ2v) is 7.98. The first-order valence-electron chi connectivity index (χ1n) is 10.7. The molecule has 8 heteroatoms. The fraction of sp³-hybridized carbons (Fsp3) is 0.0769. The van der Waals surface area contributed by atoms with Crippen molar-refractivity contribution < 1.29 is 18.7 Å². The summed E-state index contributed by atoms with van der Waals surface area (Å²) in [7, 11) is 3.93. The number of fused-ring (bicyclic) bond motifs is 2. The molecule has 0 saturated carbocycles. The van der Waals surface area contributed by atoms with Crippen LogP contribution in [0.5, 0.6) is 0 Å². The average Bonchev–Trinajstić information content (AvgIpc) is 2.84. The lowest BCUT2D eigenvalue weighted by molar-refractivity contribution is -0.645. The number of aryl methyl sites for hydroxylation is 2. The van der Waals surface area contributed by atoms with Crippen molar-refractivity contribution in [2.45, 2.75) is 0 Å². The van der Waals surface area contributed by atoms with E-state index < -0.39 is 11.8 Å². The summed E-state index contributed by atoms with van der Waals surface area (Å²) >= 11 is 0. The van der Waals surface area contributed by atoms with Crippen molar-refractivity contribution in [3.05, 3.63) is 96.8 Å². The molecule has 34 heavy (non-hydrogen) atoms. The maximum atomic E-state index is 12.8. The van der Waals surface area contributed by atoms with Gasteiger partial charge in [-0.25, -0.2) is 14.1 Å². The molecular weight excluding hydrogens is 428 g/mol. The molecule has 0 aliphatic carbocycles. The number of aromatic nitrogens is 4. The van der Waals surface area contributed by atoms with E-state index in [1.54, 1.807) is 0 Å². The molecule has 0 aliphatic rings. The quantitative estimate of drug-likeness (QED) is 0.412. The van der Waals surface area contributed by atoms with Crippen molar-refractivity contribution in [3.8, 4) is 0 Å². The molecule has 166 valence electrons. The van der Waals surface area contributed by atoms with Crippen molar-refractivity contribution in [2.75, 3.05) is 10.6 Å². The van der Waals surface area contributed by atoms with Crippen LogP contribution < -0.4 is 19.8 Å². The second-order valence-electron chi connectivity index (χ2n) is 7.98. The van der Waals surface area contributed by atoms with Gasteiger partial charge in [0, 0.05) is 46.4 Å². The molecular formula is C26H22N6O2+2. The molecule has 5 rings (SSSR count).